The third kappa shape index (κ3) is 3.15. The molecule has 3 aromatic rings. The Morgan fingerprint density at radius 1 is 1.12 bits per heavy atom. The maximum absolute atomic E-state index is 5.94. The molecule has 0 radical (unpaired) electrons. The molecule has 1 aromatic carbocycles. The quantitative estimate of drug-likeness (QED) is 0.611. The molecular weight excluding hydrogens is 310 g/mol. The van der Waals surface area contributed by atoms with Crippen molar-refractivity contribution in [1.82, 2.24) is 19.6 Å². The van der Waals surface area contributed by atoms with Crippen molar-refractivity contribution in [3.63, 3.8) is 0 Å². The van der Waals surface area contributed by atoms with Gasteiger partial charge in [0.25, 0.3) is 0 Å². The van der Waals surface area contributed by atoms with E-state index < -0.39 is 0 Å². The van der Waals surface area contributed by atoms with E-state index in [1.165, 1.54) is 0 Å². The van der Waals surface area contributed by atoms with Crippen LogP contribution in [0.1, 0.15) is 5.69 Å². The number of methoxy groups -OCH3 is 2. The number of rotatable bonds is 6. The van der Waals surface area contributed by atoms with Crippen LogP contribution in [0.3, 0.4) is 0 Å². The topological polar surface area (TPSA) is 126 Å². The fourth-order valence-electron chi connectivity index (χ4n) is 2.29. The highest BCUT2D eigenvalue weighted by Crippen LogP contribution is 2.27. The number of hydrogen-bond acceptors (Lipinski definition) is 8. The van der Waals surface area contributed by atoms with Crippen LogP contribution in [-0.2, 0) is 6.42 Å². The number of nitrogens with zero attached hydrogens (tertiary/aromatic N) is 4. The summed E-state index contributed by atoms with van der Waals surface area (Å²) in [5.74, 6) is 2.02. The van der Waals surface area contributed by atoms with E-state index in [9.17, 15) is 0 Å². The molecule has 3 rings (SSSR count). The number of nitrogens with two attached hydrogens (primary N) is 2. The van der Waals surface area contributed by atoms with Gasteiger partial charge in [-0.3, -0.25) is 0 Å². The predicted molar refractivity (Wildman–Crippen MR) is 90.8 cm³/mol. The lowest BCUT2D eigenvalue weighted by Crippen LogP contribution is -2.08. The van der Waals surface area contributed by atoms with E-state index in [1.54, 1.807) is 31.0 Å². The molecule has 0 amide bonds. The Hall–Kier alpha value is -3.07. The van der Waals surface area contributed by atoms with Crippen LogP contribution in [0.25, 0.3) is 5.65 Å². The van der Waals surface area contributed by atoms with Crippen LogP contribution in [0.4, 0.5) is 17.5 Å². The van der Waals surface area contributed by atoms with E-state index in [0.717, 1.165) is 11.4 Å². The van der Waals surface area contributed by atoms with Gasteiger partial charge in [-0.25, -0.2) is 9.50 Å². The van der Waals surface area contributed by atoms with Gasteiger partial charge < -0.3 is 26.3 Å². The standard InChI is InChI=1S/C15H19N7O2/c1-23-11-5-10(6-12(7-11)24-2)19-15-20-14-13(17)18-9(3-4-16)8-22(14)21-15/h5-8H,3-4,16H2,1-2H3,(H2,17,18)(H,19,21). The lowest BCUT2D eigenvalue weighted by atomic mass is 10.3. The number of ether oxygens (including phenoxy) is 2. The number of aromatic nitrogens is 4. The number of nitrogen functional groups attached to an aromatic ring is 1. The molecule has 126 valence electrons. The van der Waals surface area contributed by atoms with E-state index in [1.807, 2.05) is 12.1 Å². The van der Waals surface area contributed by atoms with Crippen molar-refractivity contribution in [2.24, 2.45) is 5.73 Å². The van der Waals surface area contributed by atoms with Crippen LogP contribution in [-0.4, -0.2) is 40.3 Å². The van der Waals surface area contributed by atoms with Gasteiger partial charge in [-0.15, -0.1) is 5.10 Å². The number of hydrogen-bond donors (Lipinski definition) is 3. The molecule has 0 aliphatic carbocycles. The van der Waals surface area contributed by atoms with Crippen LogP contribution in [0.2, 0.25) is 0 Å². The van der Waals surface area contributed by atoms with Crippen LogP contribution in [0.5, 0.6) is 11.5 Å². The van der Waals surface area contributed by atoms with E-state index in [-0.39, 0.29) is 0 Å². The molecule has 0 aliphatic rings. The van der Waals surface area contributed by atoms with Crippen LogP contribution in [0, 0.1) is 0 Å². The summed E-state index contributed by atoms with van der Waals surface area (Å²) < 4.78 is 12.1. The molecule has 24 heavy (non-hydrogen) atoms. The first-order valence-corrected chi connectivity index (χ1v) is 7.35. The maximum atomic E-state index is 5.94. The first-order chi connectivity index (χ1) is 11.6. The molecule has 0 unspecified atom stereocenters. The first kappa shape index (κ1) is 15.8. The van der Waals surface area contributed by atoms with Crippen molar-refractivity contribution in [3.8, 4) is 11.5 Å². The molecule has 0 saturated heterocycles. The number of anilines is 3. The van der Waals surface area contributed by atoms with Crippen molar-refractivity contribution in [2.45, 2.75) is 6.42 Å². The smallest absolute Gasteiger partial charge is 0.247 e. The van der Waals surface area contributed by atoms with Crippen molar-refractivity contribution in [1.29, 1.82) is 0 Å². The number of fused-ring (bicyclic) bond motifs is 1. The Bertz CT molecular complexity index is 840. The normalized spacial score (nSPS) is 10.8. The Kier molecular flexibility index (Phi) is 4.34. The van der Waals surface area contributed by atoms with E-state index in [0.29, 0.717) is 41.9 Å². The predicted octanol–water partition coefficient (Wildman–Crippen LogP) is 0.968. The van der Waals surface area contributed by atoms with Gasteiger partial charge in [0.05, 0.1) is 26.1 Å². The lowest BCUT2D eigenvalue weighted by Gasteiger charge is -2.08. The zero-order valence-electron chi connectivity index (χ0n) is 13.5. The second-order valence-corrected chi connectivity index (χ2v) is 5.09. The molecule has 9 nitrogen and oxygen atoms in total. The number of benzene rings is 1. The van der Waals surface area contributed by atoms with Gasteiger partial charge in [-0.1, -0.05) is 0 Å². The SMILES string of the molecule is COc1cc(Nc2nc3c(N)nc(CCN)cn3n2)cc(OC)c1. The van der Waals surface area contributed by atoms with Crippen molar-refractivity contribution in [3.05, 3.63) is 30.1 Å². The van der Waals surface area contributed by atoms with E-state index in [4.69, 9.17) is 20.9 Å². The molecule has 5 N–H and O–H groups in total. The van der Waals surface area contributed by atoms with E-state index >= 15 is 0 Å². The highest BCUT2D eigenvalue weighted by Gasteiger charge is 2.11. The molecule has 9 heteroatoms. The highest BCUT2D eigenvalue weighted by molar-refractivity contribution is 5.65. The molecular formula is C15H19N7O2. The van der Waals surface area contributed by atoms with Crippen molar-refractivity contribution < 1.29 is 9.47 Å². The summed E-state index contributed by atoms with van der Waals surface area (Å²) in [7, 11) is 3.18. The van der Waals surface area contributed by atoms with Gasteiger partial charge in [0, 0.05) is 30.3 Å². The highest BCUT2D eigenvalue weighted by atomic mass is 16.5. The molecule has 0 fully saturated rings. The summed E-state index contributed by atoms with van der Waals surface area (Å²) in [6.07, 6.45) is 2.39. The van der Waals surface area contributed by atoms with Gasteiger partial charge in [-0.2, -0.15) is 4.98 Å². The zero-order valence-corrected chi connectivity index (χ0v) is 13.5. The fourth-order valence-corrected chi connectivity index (χ4v) is 2.29. The minimum Gasteiger partial charge on any atom is -0.497 e. The summed E-state index contributed by atoms with van der Waals surface area (Å²) >= 11 is 0. The molecule has 0 bridgehead atoms. The molecule has 2 heterocycles. The monoisotopic (exact) mass is 329 g/mol. The third-order valence-electron chi connectivity index (χ3n) is 3.40. The largest absolute Gasteiger partial charge is 0.497 e. The minimum atomic E-state index is 0.310. The van der Waals surface area contributed by atoms with Gasteiger partial charge in [0.1, 0.15) is 11.5 Å². The Balaban J connectivity index is 1.94. The average Bonchev–Trinajstić information content (AvgIpc) is 2.97. The zero-order chi connectivity index (χ0) is 17.1. The number of nitrogens with one attached hydrogen (secondary N) is 1. The Morgan fingerprint density at radius 2 is 1.83 bits per heavy atom. The minimum absolute atomic E-state index is 0.310. The summed E-state index contributed by atoms with van der Waals surface area (Å²) in [4.78, 5) is 8.63. The summed E-state index contributed by atoms with van der Waals surface area (Å²) in [6.45, 7) is 0.487. The van der Waals surface area contributed by atoms with Crippen LogP contribution >= 0.6 is 0 Å². The molecule has 0 atom stereocenters. The molecule has 0 saturated carbocycles. The first-order valence-electron chi connectivity index (χ1n) is 7.35. The van der Waals surface area contributed by atoms with Gasteiger partial charge in [0.15, 0.2) is 11.5 Å². The second kappa shape index (κ2) is 6.59. The summed E-state index contributed by atoms with van der Waals surface area (Å²) in [5.41, 5.74) is 13.5. The van der Waals surface area contributed by atoms with Gasteiger partial charge >= 0.3 is 0 Å². The second-order valence-electron chi connectivity index (χ2n) is 5.09. The third-order valence-corrected chi connectivity index (χ3v) is 3.40. The Labute approximate surface area is 138 Å². The maximum Gasteiger partial charge on any atom is 0.247 e. The summed E-state index contributed by atoms with van der Waals surface area (Å²) in [5, 5.41) is 7.49. The van der Waals surface area contributed by atoms with Gasteiger partial charge in [0.2, 0.25) is 5.95 Å². The van der Waals surface area contributed by atoms with Crippen LogP contribution < -0.4 is 26.3 Å². The summed E-state index contributed by atoms with van der Waals surface area (Å²) in [6, 6.07) is 5.41. The van der Waals surface area contributed by atoms with E-state index in [2.05, 4.69) is 20.4 Å². The Morgan fingerprint density at radius 3 is 2.46 bits per heavy atom. The van der Waals surface area contributed by atoms with Crippen molar-refractivity contribution >= 4 is 23.1 Å². The van der Waals surface area contributed by atoms with Crippen molar-refractivity contribution in [2.75, 3.05) is 31.8 Å². The lowest BCUT2D eigenvalue weighted by molar-refractivity contribution is 0.395. The fraction of sp³-hybridized carbons (Fsp3) is 0.267. The molecule has 2 aromatic heterocycles. The molecule has 0 spiro atoms. The van der Waals surface area contributed by atoms with Gasteiger partial charge in [-0.05, 0) is 6.54 Å². The van der Waals surface area contributed by atoms with Crippen LogP contribution in [0.15, 0.2) is 24.4 Å². The molecule has 0 aliphatic heterocycles. The average molecular weight is 329 g/mol.